The van der Waals surface area contributed by atoms with E-state index in [1.807, 2.05) is 33.3 Å². The lowest BCUT2D eigenvalue weighted by molar-refractivity contribution is -0.870. The first-order valence-electron chi connectivity index (χ1n) is 24.3. The van der Waals surface area contributed by atoms with Crippen LogP contribution in [0.1, 0.15) is 181 Å². The molecule has 0 heterocycles. The zero-order chi connectivity index (χ0) is 44.8. The highest BCUT2D eigenvalue weighted by atomic mass is 31.2. The molecule has 9 heteroatoms. The molecule has 0 aromatic heterocycles. The summed E-state index contributed by atoms with van der Waals surface area (Å²) in [5.41, 5.74) is 0. The molecule has 8 nitrogen and oxygen atoms in total. The Morgan fingerprint density at radius 2 is 0.951 bits per heavy atom. The lowest BCUT2D eigenvalue weighted by Gasteiger charge is -2.24. The van der Waals surface area contributed by atoms with Crippen molar-refractivity contribution in [1.82, 2.24) is 0 Å². The molecule has 0 aromatic rings. The Labute approximate surface area is 375 Å². The van der Waals surface area contributed by atoms with Crippen LogP contribution in [0.5, 0.6) is 0 Å². The average Bonchev–Trinajstić information content (AvgIpc) is 3.22. The van der Waals surface area contributed by atoms with Crippen molar-refractivity contribution in [1.29, 1.82) is 0 Å². The van der Waals surface area contributed by atoms with E-state index in [0.717, 1.165) is 51.4 Å². The van der Waals surface area contributed by atoms with Crippen molar-refractivity contribution in [3.8, 4) is 0 Å². The molecule has 352 valence electrons. The van der Waals surface area contributed by atoms with Crippen LogP contribution in [0.15, 0.2) is 85.1 Å². The van der Waals surface area contributed by atoms with Gasteiger partial charge in [0.05, 0.1) is 34.4 Å². The minimum absolute atomic E-state index is 0.0709. The maximum atomic E-state index is 12.7. The number of carbonyl (C=O) groups is 1. The van der Waals surface area contributed by atoms with Crippen LogP contribution in [0.3, 0.4) is 0 Å². The second-order valence-electron chi connectivity index (χ2n) is 17.1. The third-order valence-electron chi connectivity index (χ3n) is 9.95. The van der Waals surface area contributed by atoms with E-state index in [-0.39, 0.29) is 26.2 Å². The van der Waals surface area contributed by atoms with Crippen LogP contribution in [0.2, 0.25) is 0 Å². The van der Waals surface area contributed by atoms with E-state index in [1.165, 1.54) is 103 Å². The molecule has 0 aliphatic carbocycles. The quantitative estimate of drug-likeness (QED) is 0.0214. The molecule has 0 rings (SSSR count). The summed E-state index contributed by atoms with van der Waals surface area (Å²) >= 11 is 0. The Morgan fingerprint density at radius 3 is 1.43 bits per heavy atom. The molecule has 2 atom stereocenters. The van der Waals surface area contributed by atoms with Gasteiger partial charge in [-0.15, -0.1) is 0 Å². The van der Waals surface area contributed by atoms with Gasteiger partial charge < -0.3 is 18.9 Å². The van der Waals surface area contributed by atoms with Crippen molar-refractivity contribution in [2.75, 3.05) is 54.1 Å². The van der Waals surface area contributed by atoms with E-state index in [4.69, 9.17) is 18.5 Å². The average molecular weight is 875 g/mol. The molecule has 0 saturated carbocycles. The van der Waals surface area contributed by atoms with E-state index in [1.54, 1.807) is 0 Å². The summed E-state index contributed by atoms with van der Waals surface area (Å²) in [6.07, 6.45) is 59.3. The number of nitrogens with zero attached hydrogens (tertiary/aromatic N) is 1. The normalized spacial score (nSPS) is 14.4. The number of hydrogen-bond donors (Lipinski definition) is 1. The van der Waals surface area contributed by atoms with E-state index < -0.39 is 19.9 Å². The second-order valence-corrected chi connectivity index (χ2v) is 18.6. The molecule has 2 unspecified atom stereocenters. The van der Waals surface area contributed by atoms with Crippen LogP contribution in [-0.2, 0) is 27.9 Å². The number of phosphoric ester groups is 1. The number of quaternary nitrogens is 1. The number of ether oxygens (including phenoxy) is 2. The lowest BCUT2D eigenvalue weighted by atomic mass is 10.1. The third kappa shape index (κ3) is 48.6. The van der Waals surface area contributed by atoms with Gasteiger partial charge in [0, 0.05) is 13.0 Å². The zero-order valence-corrected chi connectivity index (χ0v) is 40.8. The fraction of sp³-hybridized carbons (Fsp3) is 0.712. The topological polar surface area (TPSA) is 91.3 Å². The summed E-state index contributed by atoms with van der Waals surface area (Å²) in [4.78, 5) is 22.9. The predicted molar refractivity (Wildman–Crippen MR) is 261 cm³/mol. The SMILES string of the molecule is CC/C=C\C/C=C\C/C=C\C/C=C\C/C=C\C/C=C\CCC(=O)OC(COCCCCCCCCCCCC/C=C\CCCCCCCC)COP(=O)(O)OCC[N+](C)(C)C. The van der Waals surface area contributed by atoms with Gasteiger partial charge in [-0.2, -0.15) is 0 Å². The Hall–Kier alpha value is -2.32. The largest absolute Gasteiger partial charge is 0.472 e. The van der Waals surface area contributed by atoms with Gasteiger partial charge in [-0.3, -0.25) is 13.8 Å². The molecular formula is C52H93NO7P+. The number of carbonyl (C=O) groups excluding carboxylic acids is 1. The second kappa shape index (κ2) is 44.3. The van der Waals surface area contributed by atoms with Crippen molar-refractivity contribution in [2.45, 2.75) is 187 Å². The fourth-order valence-corrected chi connectivity index (χ4v) is 6.96. The highest BCUT2D eigenvalue weighted by Crippen LogP contribution is 2.43. The molecule has 0 aromatic carbocycles. The van der Waals surface area contributed by atoms with Gasteiger partial charge >= 0.3 is 13.8 Å². The van der Waals surface area contributed by atoms with Crippen molar-refractivity contribution in [2.24, 2.45) is 0 Å². The maximum Gasteiger partial charge on any atom is 0.472 e. The molecule has 0 bridgehead atoms. The fourth-order valence-electron chi connectivity index (χ4n) is 6.22. The monoisotopic (exact) mass is 875 g/mol. The molecule has 0 aliphatic heterocycles. The van der Waals surface area contributed by atoms with E-state index in [0.29, 0.717) is 24.1 Å². The van der Waals surface area contributed by atoms with Crippen molar-refractivity contribution in [3.63, 3.8) is 0 Å². The number of rotatable bonds is 44. The minimum atomic E-state index is -4.30. The van der Waals surface area contributed by atoms with Crippen LogP contribution in [0.4, 0.5) is 0 Å². The number of likely N-dealkylation sites (N-methyl/N-ethyl adjacent to an activating group) is 1. The van der Waals surface area contributed by atoms with E-state index in [2.05, 4.69) is 86.8 Å². The summed E-state index contributed by atoms with van der Waals surface area (Å²) in [5.74, 6) is -0.397. The van der Waals surface area contributed by atoms with Crippen LogP contribution >= 0.6 is 7.82 Å². The zero-order valence-electron chi connectivity index (χ0n) is 39.9. The summed E-state index contributed by atoms with van der Waals surface area (Å²) in [6, 6.07) is 0. The Balaban J connectivity index is 4.30. The Bertz CT molecular complexity index is 1250. The molecule has 1 N–H and O–H groups in total. The van der Waals surface area contributed by atoms with Gasteiger partial charge in [-0.25, -0.2) is 4.57 Å². The van der Waals surface area contributed by atoms with Gasteiger partial charge in [0.2, 0.25) is 0 Å². The predicted octanol–water partition coefficient (Wildman–Crippen LogP) is 14.8. The lowest BCUT2D eigenvalue weighted by Crippen LogP contribution is -2.37. The van der Waals surface area contributed by atoms with E-state index in [9.17, 15) is 14.3 Å². The van der Waals surface area contributed by atoms with Crippen LogP contribution in [0.25, 0.3) is 0 Å². The first kappa shape index (κ1) is 58.7. The molecular weight excluding hydrogens is 782 g/mol. The summed E-state index contributed by atoms with van der Waals surface area (Å²) in [6.45, 7) is 5.39. The Kier molecular flexibility index (Phi) is 42.6. The van der Waals surface area contributed by atoms with Crippen LogP contribution < -0.4 is 0 Å². The molecule has 0 spiro atoms. The number of phosphoric acid groups is 1. The van der Waals surface area contributed by atoms with Crippen molar-refractivity contribution >= 4 is 13.8 Å². The summed E-state index contributed by atoms with van der Waals surface area (Å²) in [5, 5.41) is 0. The molecule has 0 aliphatic rings. The number of hydrogen-bond acceptors (Lipinski definition) is 6. The summed E-state index contributed by atoms with van der Waals surface area (Å²) in [7, 11) is 1.61. The number of unbranched alkanes of at least 4 members (excludes halogenated alkanes) is 16. The molecule has 0 fully saturated rings. The van der Waals surface area contributed by atoms with E-state index >= 15 is 0 Å². The molecule has 0 radical (unpaired) electrons. The molecule has 0 amide bonds. The number of allylic oxidation sites excluding steroid dienone is 14. The highest BCUT2D eigenvalue weighted by Gasteiger charge is 2.26. The third-order valence-corrected chi connectivity index (χ3v) is 10.9. The standard InChI is InChI=1S/C52H92NO7P/c1-6-8-10-12-14-16-18-20-22-24-26-28-30-32-34-36-38-40-42-44-47-57-49-51(50-59-61(55,56)58-48-46-53(3,4)5)60-52(54)45-43-41-39-37-35-33-31-29-27-25-23-21-19-17-15-13-11-9-7-2/h9,11,15,17,20-23,27,29,33,35,39,41,51H,6-8,10,12-14,16,18-19,24-26,28,30-32,34,36-38,40,42-50H2,1-5H3/p+1/b11-9-,17-15-,22-20-,23-21-,29-27-,35-33-,41-39-. The molecule has 61 heavy (non-hydrogen) atoms. The van der Waals surface area contributed by atoms with Crippen molar-refractivity contribution in [3.05, 3.63) is 85.1 Å². The molecule has 0 saturated heterocycles. The maximum absolute atomic E-state index is 12.7. The first-order chi connectivity index (χ1) is 29.6. The van der Waals surface area contributed by atoms with Gasteiger partial charge in [0.1, 0.15) is 19.3 Å². The van der Waals surface area contributed by atoms with Gasteiger partial charge in [-0.1, -0.05) is 182 Å². The van der Waals surface area contributed by atoms with Gasteiger partial charge in [0.15, 0.2) is 0 Å². The van der Waals surface area contributed by atoms with Crippen molar-refractivity contribution < 1.29 is 37.3 Å². The van der Waals surface area contributed by atoms with Gasteiger partial charge in [0.25, 0.3) is 0 Å². The van der Waals surface area contributed by atoms with Crippen LogP contribution in [0, 0.1) is 0 Å². The minimum Gasteiger partial charge on any atom is -0.457 e. The summed E-state index contributed by atoms with van der Waals surface area (Å²) < 4.78 is 35.0. The highest BCUT2D eigenvalue weighted by molar-refractivity contribution is 7.47. The first-order valence-corrected chi connectivity index (χ1v) is 25.8. The smallest absolute Gasteiger partial charge is 0.457 e. The van der Waals surface area contributed by atoms with Gasteiger partial charge in [-0.05, 0) is 77.0 Å². The number of esters is 1. The van der Waals surface area contributed by atoms with Crippen LogP contribution in [-0.4, -0.2) is 75.6 Å². The Morgan fingerprint density at radius 1 is 0.525 bits per heavy atom.